The van der Waals surface area contributed by atoms with E-state index in [4.69, 9.17) is 9.47 Å². The molecule has 0 spiro atoms. The van der Waals surface area contributed by atoms with Crippen molar-refractivity contribution >= 4 is 0 Å². The van der Waals surface area contributed by atoms with Crippen LogP contribution in [0, 0.1) is 0 Å². The average Bonchev–Trinajstić information content (AvgIpc) is 2.87. The maximum absolute atomic E-state index is 12.3. The number of para-hydroxylation sites is 1. The van der Waals surface area contributed by atoms with Crippen LogP contribution in [0.25, 0.3) is 0 Å². The molecule has 0 saturated carbocycles. The van der Waals surface area contributed by atoms with Gasteiger partial charge >= 0.3 is 6.18 Å². The van der Waals surface area contributed by atoms with Gasteiger partial charge in [-0.25, -0.2) is 0 Å². The first-order valence-corrected chi connectivity index (χ1v) is 5.25. The largest absolute Gasteiger partial charge is 0.496 e. The summed E-state index contributed by atoms with van der Waals surface area (Å²) in [6.07, 6.45) is -5.95. The molecule has 0 amide bonds. The van der Waals surface area contributed by atoms with Gasteiger partial charge in [-0.1, -0.05) is 18.2 Å². The monoisotopic (exact) mass is 246 g/mol. The van der Waals surface area contributed by atoms with Gasteiger partial charge in [0, 0.05) is 5.56 Å². The van der Waals surface area contributed by atoms with Crippen LogP contribution in [-0.2, 0) is 10.3 Å². The molecule has 94 valence electrons. The van der Waals surface area contributed by atoms with Gasteiger partial charge in [-0.15, -0.1) is 0 Å². The van der Waals surface area contributed by atoms with E-state index in [0.29, 0.717) is 11.3 Å². The highest BCUT2D eigenvalue weighted by molar-refractivity contribution is 5.41. The Morgan fingerprint density at radius 3 is 2.59 bits per heavy atom. The molecule has 1 heterocycles. The number of hydrogen-bond acceptors (Lipinski definition) is 2. The van der Waals surface area contributed by atoms with E-state index in [0.717, 1.165) is 0 Å². The molecule has 2 atom stereocenters. The van der Waals surface area contributed by atoms with Crippen LogP contribution >= 0.6 is 0 Å². The lowest BCUT2D eigenvalue weighted by molar-refractivity contribution is -0.138. The molecule has 0 bridgehead atoms. The van der Waals surface area contributed by atoms with Crippen LogP contribution in [0.2, 0.25) is 0 Å². The lowest BCUT2D eigenvalue weighted by atomic mass is 9.95. The number of methoxy groups -OCH3 is 1. The van der Waals surface area contributed by atoms with Crippen molar-refractivity contribution in [2.75, 3.05) is 7.11 Å². The van der Waals surface area contributed by atoms with E-state index in [2.05, 4.69) is 0 Å². The second-order valence-corrected chi connectivity index (χ2v) is 4.23. The molecule has 2 nitrogen and oxygen atoms in total. The van der Waals surface area contributed by atoms with E-state index < -0.39 is 24.3 Å². The van der Waals surface area contributed by atoms with Crippen LogP contribution in [-0.4, -0.2) is 19.4 Å². The van der Waals surface area contributed by atoms with Gasteiger partial charge in [0.2, 0.25) is 0 Å². The molecule has 2 rings (SSSR count). The Hall–Kier alpha value is -1.23. The van der Waals surface area contributed by atoms with Gasteiger partial charge in [-0.2, -0.15) is 13.2 Å². The maximum atomic E-state index is 12.3. The number of alkyl halides is 3. The molecule has 1 aliphatic heterocycles. The van der Waals surface area contributed by atoms with E-state index in [-0.39, 0.29) is 0 Å². The van der Waals surface area contributed by atoms with Crippen LogP contribution in [0.1, 0.15) is 18.9 Å². The lowest BCUT2D eigenvalue weighted by Gasteiger charge is -2.12. The summed E-state index contributed by atoms with van der Waals surface area (Å²) in [5.74, 6) is 0.555. The minimum Gasteiger partial charge on any atom is -0.496 e. The molecule has 17 heavy (non-hydrogen) atoms. The summed E-state index contributed by atoms with van der Waals surface area (Å²) < 4.78 is 47.2. The van der Waals surface area contributed by atoms with Crippen LogP contribution in [0.15, 0.2) is 24.3 Å². The van der Waals surface area contributed by atoms with Crippen molar-refractivity contribution < 1.29 is 22.6 Å². The van der Waals surface area contributed by atoms with Crippen molar-refractivity contribution in [1.82, 2.24) is 0 Å². The molecular formula is C12H13F3O2. The Labute approximate surface area is 97.3 Å². The van der Waals surface area contributed by atoms with E-state index >= 15 is 0 Å². The molecule has 1 aromatic carbocycles. The minimum absolute atomic E-state index is 0.555. The maximum Gasteiger partial charge on any atom is 0.391 e. The Morgan fingerprint density at radius 1 is 1.35 bits per heavy atom. The summed E-state index contributed by atoms with van der Waals surface area (Å²) in [6.45, 7) is 1.65. The number of hydrogen-bond donors (Lipinski definition) is 0. The Balaban J connectivity index is 2.19. The second kappa shape index (κ2) is 3.91. The van der Waals surface area contributed by atoms with Gasteiger partial charge in [-0.05, 0) is 13.0 Å². The van der Waals surface area contributed by atoms with Crippen LogP contribution in [0.4, 0.5) is 13.2 Å². The third-order valence-corrected chi connectivity index (χ3v) is 3.00. The third kappa shape index (κ3) is 2.39. The molecule has 0 aliphatic carbocycles. The van der Waals surface area contributed by atoms with E-state index in [1.54, 1.807) is 31.2 Å². The molecule has 0 aromatic heterocycles. The zero-order chi connectivity index (χ0) is 12.7. The summed E-state index contributed by atoms with van der Waals surface area (Å²) in [4.78, 5) is 0. The first-order chi connectivity index (χ1) is 7.87. The number of ether oxygens (including phenoxy) is 2. The standard InChI is InChI=1S/C12H13F3O2/c1-11(10(17-11)7-12(13,14)15)8-5-3-4-6-9(8)16-2/h3-6,10H,7H2,1-2H3/t10-,11-/m1/s1. The summed E-state index contributed by atoms with van der Waals surface area (Å²) in [5, 5.41) is 0. The SMILES string of the molecule is COc1ccccc1[C@@]1(C)O[C@@H]1CC(F)(F)F. The predicted molar refractivity (Wildman–Crippen MR) is 55.9 cm³/mol. The Kier molecular flexibility index (Phi) is 2.81. The van der Waals surface area contributed by atoms with E-state index in [1.807, 2.05) is 0 Å². The highest BCUT2D eigenvalue weighted by atomic mass is 19.4. The van der Waals surface area contributed by atoms with Gasteiger partial charge < -0.3 is 9.47 Å². The highest BCUT2D eigenvalue weighted by Crippen LogP contribution is 2.52. The van der Waals surface area contributed by atoms with Gasteiger partial charge in [0.15, 0.2) is 0 Å². The summed E-state index contributed by atoms with van der Waals surface area (Å²) >= 11 is 0. The first kappa shape index (κ1) is 12.2. The summed E-state index contributed by atoms with van der Waals surface area (Å²) in [7, 11) is 1.49. The zero-order valence-electron chi connectivity index (χ0n) is 9.54. The van der Waals surface area contributed by atoms with Crippen molar-refractivity contribution in [1.29, 1.82) is 0 Å². The van der Waals surface area contributed by atoms with Crippen LogP contribution < -0.4 is 4.74 Å². The fourth-order valence-electron chi connectivity index (χ4n) is 2.00. The Bertz CT molecular complexity index is 416. The van der Waals surface area contributed by atoms with E-state index in [9.17, 15) is 13.2 Å². The fraction of sp³-hybridized carbons (Fsp3) is 0.500. The predicted octanol–water partition coefficient (Wildman–Crippen LogP) is 3.26. The first-order valence-electron chi connectivity index (χ1n) is 5.25. The molecule has 1 aromatic rings. The van der Waals surface area contributed by atoms with Crippen molar-refractivity contribution in [2.45, 2.75) is 31.2 Å². The minimum atomic E-state index is -4.20. The lowest BCUT2D eigenvalue weighted by Crippen LogP contribution is -2.17. The highest BCUT2D eigenvalue weighted by Gasteiger charge is 2.58. The topological polar surface area (TPSA) is 21.8 Å². The van der Waals surface area contributed by atoms with Crippen molar-refractivity contribution in [3.8, 4) is 5.75 Å². The third-order valence-electron chi connectivity index (χ3n) is 3.00. The molecule has 0 N–H and O–H groups in total. The van der Waals surface area contributed by atoms with Gasteiger partial charge in [0.25, 0.3) is 0 Å². The molecular weight excluding hydrogens is 233 g/mol. The second-order valence-electron chi connectivity index (χ2n) is 4.23. The quantitative estimate of drug-likeness (QED) is 0.763. The molecule has 1 aliphatic rings. The molecule has 5 heteroatoms. The van der Waals surface area contributed by atoms with Gasteiger partial charge in [0.1, 0.15) is 17.5 Å². The number of epoxide rings is 1. The summed E-state index contributed by atoms with van der Waals surface area (Å²) in [5.41, 5.74) is -0.223. The fourth-order valence-corrected chi connectivity index (χ4v) is 2.00. The van der Waals surface area contributed by atoms with Gasteiger partial charge in [-0.3, -0.25) is 0 Å². The van der Waals surface area contributed by atoms with Crippen LogP contribution in [0.5, 0.6) is 5.75 Å². The number of rotatable bonds is 3. The molecule has 1 saturated heterocycles. The molecule has 0 unspecified atom stereocenters. The molecule has 1 fully saturated rings. The van der Waals surface area contributed by atoms with E-state index in [1.165, 1.54) is 7.11 Å². The number of benzene rings is 1. The van der Waals surface area contributed by atoms with Crippen molar-refractivity contribution in [3.05, 3.63) is 29.8 Å². The van der Waals surface area contributed by atoms with Crippen molar-refractivity contribution in [2.24, 2.45) is 0 Å². The average molecular weight is 246 g/mol. The smallest absolute Gasteiger partial charge is 0.391 e. The molecule has 0 radical (unpaired) electrons. The van der Waals surface area contributed by atoms with Gasteiger partial charge in [0.05, 0.1) is 13.5 Å². The Morgan fingerprint density at radius 2 is 2.00 bits per heavy atom. The summed E-state index contributed by atoms with van der Waals surface area (Å²) in [6, 6.07) is 6.98. The number of halogens is 3. The zero-order valence-corrected chi connectivity index (χ0v) is 9.54. The van der Waals surface area contributed by atoms with Crippen LogP contribution in [0.3, 0.4) is 0 Å². The van der Waals surface area contributed by atoms with Crippen molar-refractivity contribution in [3.63, 3.8) is 0 Å². The normalized spacial score (nSPS) is 27.9.